The second-order valence-electron chi connectivity index (χ2n) is 5.55. The monoisotopic (exact) mass is 279 g/mol. The molecule has 2 rings (SSSR count). The van der Waals surface area contributed by atoms with E-state index in [9.17, 15) is 4.79 Å². The van der Waals surface area contributed by atoms with E-state index in [2.05, 4.69) is 22.3 Å². The molecule has 0 saturated carbocycles. The summed E-state index contributed by atoms with van der Waals surface area (Å²) in [4.78, 5) is 14.6. The van der Waals surface area contributed by atoms with Gasteiger partial charge in [-0.3, -0.25) is 9.69 Å². The summed E-state index contributed by atoms with van der Waals surface area (Å²) in [5, 5.41) is 6.91. The number of carbonyl (C=O) groups is 1. The molecule has 20 heavy (non-hydrogen) atoms. The normalized spacial score (nSPS) is 20.1. The van der Waals surface area contributed by atoms with Crippen LogP contribution in [0.15, 0.2) is 4.52 Å². The molecule has 1 aliphatic rings. The summed E-state index contributed by atoms with van der Waals surface area (Å²) in [5.41, 5.74) is 1.35. The zero-order valence-electron chi connectivity index (χ0n) is 12.7. The maximum atomic E-state index is 12.2. The third-order valence-electron chi connectivity index (χ3n) is 4.12. The molecule has 1 aromatic rings. The number of aryl methyl sites for hydroxylation is 2. The summed E-state index contributed by atoms with van der Waals surface area (Å²) in [7, 11) is 0. The van der Waals surface area contributed by atoms with E-state index in [1.165, 1.54) is 19.3 Å². The smallest absolute Gasteiger partial charge is 0.256 e. The molecule has 1 atom stereocenters. The SMILES string of the molecule is CCc1noc(C)c1C(=O)NCCN1CCCCC1C. The van der Waals surface area contributed by atoms with Gasteiger partial charge in [0.25, 0.3) is 5.91 Å². The van der Waals surface area contributed by atoms with Crippen LogP contribution in [0.1, 0.15) is 54.9 Å². The number of amides is 1. The fourth-order valence-corrected chi connectivity index (χ4v) is 2.84. The van der Waals surface area contributed by atoms with Crippen molar-refractivity contribution in [2.24, 2.45) is 0 Å². The number of aromatic nitrogens is 1. The van der Waals surface area contributed by atoms with Crippen molar-refractivity contribution in [1.82, 2.24) is 15.4 Å². The van der Waals surface area contributed by atoms with Crippen LogP contribution in [0.5, 0.6) is 0 Å². The lowest BCUT2D eigenvalue weighted by molar-refractivity contribution is 0.0936. The summed E-state index contributed by atoms with van der Waals surface area (Å²) in [6, 6.07) is 0.629. The Balaban J connectivity index is 1.84. The highest BCUT2D eigenvalue weighted by Crippen LogP contribution is 2.16. The Kier molecular flexibility index (Phi) is 5.17. The first-order valence-corrected chi connectivity index (χ1v) is 7.60. The van der Waals surface area contributed by atoms with Gasteiger partial charge in [-0.15, -0.1) is 0 Å². The maximum absolute atomic E-state index is 12.2. The van der Waals surface area contributed by atoms with Gasteiger partial charge in [0.15, 0.2) is 0 Å². The largest absolute Gasteiger partial charge is 0.361 e. The average Bonchev–Trinajstić information content (AvgIpc) is 2.82. The van der Waals surface area contributed by atoms with Crippen molar-refractivity contribution in [3.63, 3.8) is 0 Å². The van der Waals surface area contributed by atoms with E-state index < -0.39 is 0 Å². The first-order valence-electron chi connectivity index (χ1n) is 7.60. The van der Waals surface area contributed by atoms with Gasteiger partial charge in [-0.2, -0.15) is 0 Å². The van der Waals surface area contributed by atoms with E-state index in [4.69, 9.17) is 4.52 Å². The highest BCUT2D eigenvalue weighted by molar-refractivity contribution is 5.96. The molecule has 5 nitrogen and oxygen atoms in total. The molecule has 0 aliphatic carbocycles. The number of nitrogens with zero attached hydrogens (tertiary/aromatic N) is 2. The molecule has 1 N–H and O–H groups in total. The Morgan fingerprint density at radius 3 is 3.00 bits per heavy atom. The average molecular weight is 279 g/mol. The van der Waals surface area contributed by atoms with Crippen LogP contribution in [0.3, 0.4) is 0 Å². The minimum absolute atomic E-state index is 0.0646. The van der Waals surface area contributed by atoms with Gasteiger partial charge in [0.05, 0.1) is 5.69 Å². The molecule has 0 aromatic carbocycles. The minimum Gasteiger partial charge on any atom is -0.361 e. The molecule has 1 saturated heterocycles. The minimum atomic E-state index is -0.0646. The lowest BCUT2D eigenvalue weighted by Gasteiger charge is -2.33. The predicted octanol–water partition coefficient (Wildman–Crippen LogP) is 2.15. The van der Waals surface area contributed by atoms with Crippen molar-refractivity contribution in [2.45, 2.75) is 52.5 Å². The third kappa shape index (κ3) is 3.39. The number of carbonyl (C=O) groups excluding carboxylic acids is 1. The molecule has 0 radical (unpaired) electrons. The number of nitrogens with one attached hydrogen (secondary N) is 1. The van der Waals surface area contributed by atoms with Crippen molar-refractivity contribution < 1.29 is 9.32 Å². The van der Waals surface area contributed by atoms with Crippen LogP contribution >= 0.6 is 0 Å². The first kappa shape index (κ1) is 15.0. The van der Waals surface area contributed by atoms with Crippen molar-refractivity contribution in [1.29, 1.82) is 0 Å². The molecular weight excluding hydrogens is 254 g/mol. The van der Waals surface area contributed by atoms with Crippen LogP contribution in [0, 0.1) is 6.92 Å². The molecule has 1 amide bonds. The van der Waals surface area contributed by atoms with E-state index in [0.29, 0.717) is 30.3 Å². The number of rotatable bonds is 5. The highest BCUT2D eigenvalue weighted by Gasteiger charge is 2.20. The van der Waals surface area contributed by atoms with Gasteiger partial charge in [0, 0.05) is 19.1 Å². The number of hydrogen-bond acceptors (Lipinski definition) is 4. The third-order valence-corrected chi connectivity index (χ3v) is 4.12. The first-order chi connectivity index (χ1) is 9.63. The van der Waals surface area contributed by atoms with Crippen LogP contribution in [0.4, 0.5) is 0 Å². The summed E-state index contributed by atoms with van der Waals surface area (Å²) < 4.78 is 5.10. The highest BCUT2D eigenvalue weighted by atomic mass is 16.5. The Labute approximate surface area is 120 Å². The van der Waals surface area contributed by atoms with E-state index in [0.717, 1.165) is 18.8 Å². The van der Waals surface area contributed by atoms with Crippen LogP contribution in [-0.4, -0.2) is 41.6 Å². The molecule has 0 bridgehead atoms. The fourth-order valence-electron chi connectivity index (χ4n) is 2.84. The number of hydrogen-bond donors (Lipinski definition) is 1. The van der Waals surface area contributed by atoms with E-state index in [1.54, 1.807) is 6.92 Å². The van der Waals surface area contributed by atoms with Gasteiger partial charge in [-0.25, -0.2) is 0 Å². The Morgan fingerprint density at radius 2 is 2.30 bits per heavy atom. The Hall–Kier alpha value is -1.36. The molecule has 2 heterocycles. The topological polar surface area (TPSA) is 58.4 Å². The van der Waals surface area contributed by atoms with Gasteiger partial charge < -0.3 is 9.84 Å². The quantitative estimate of drug-likeness (QED) is 0.897. The standard InChI is InChI=1S/C15H25N3O2/c1-4-13-14(12(3)20-17-13)15(19)16-8-10-18-9-6-5-7-11(18)2/h11H,4-10H2,1-3H3,(H,16,19). The summed E-state index contributed by atoms with van der Waals surface area (Å²) in [6.45, 7) is 8.76. The second-order valence-corrected chi connectivity index (χ2v) is 5.55. The predicted molar refractivity (Wildman–Crippen MR) is 77.8 cm³/mol. The maximum Gasteiger partial charge on any atom is 0.256 e. The zero-order chi connectivity index (χ0) is 14.5. The van der Waals surface area contributed by atoms with Gasteiger partial charge >= 0.3 is 0 Å². The van der Waals surface area contributed by atoms with E-state index in [-0.39, 0.29) is 5.91 Å². The van der Waals surface area contributed by atoms with Crippen molar-refractivity contribution in [3.8, 4) is 0 Å². The van der Waals surface area contributed by atoms with E-state index in [1.807, 2.05) is 6.92 Å². The zero-order valence-corrected chi connectivity index (χ0v) is 12.7. The summed E-state index contributed by atoms with van der Waals surface area (Å²) in [6.07, 6.45) is 4.56. The fraction of sp³-hybridized carbons (Fsp3) is 0.733. The Bertz CT molecular complexity index is 456. The van der Waals surface area contributed by atoms with Crippen molar-refractivity contribution >= 4 is 5.91 Å². The molecule has 1 aliphatic heterocycles. The molecule has 1 fully saturated rings. The van der Waals surface area contributed by atoms with Gasteiger partial charge in [0.1, 0.15) is 11.3 Å². The molecular formula is C15H25N3O2. The van der Waals surface area contributed by atoms with Gasteiger partial charge in [-0.1, -0.05) is 18.5 Å². The van der Waals surface area contributed by atoms with Crippen LogP contribution in [0.25, 0.3) is 0 Å². The van der Waals surface area contributed by atoms with Crippen LogP contribution in [0.2, 0.25) is 0 Å². The molecule has 1 unspecified atom stereocenters. The number of likely N-dealkylation sites (tertiary alicyclic amines) is 1. The van der Waals surface area contributed by atoms with Crippen LogP contribution in [-0.2, 0) is 6.42 Å². The Morgan fingerprint density at radius 1 is 1.50 bits per heavy atom. The molecule has 0 spiro atoms. The van der Waals surface area contributed by atoms with Gasteiger partial charge in [0.2, 0.25) is 0 Å². The van der Waals surface area contributed by atoms with E-state index >= 15 is 0 Å². The summed E-state index contributed by atoms with van der Waals surface area (Å²) in [5.74, 6) is 0.538. The van der Waals surface area contributed by atoms with Crippen LogP contribution < -0.4 is 5.32 Å². The lowest BCUT2D eigenvalue weighted by Crippen LogP contribution is -2.42. The van der Waals surface area contributed by atoms with Gasteiger partial charge in [-0.05, 0) is 39.7 Å². The second kappa shape index (κ2) is 6.88. The molecule has 5 heteroatoms. The lowest BCUT2D eigenvalue weighted by atomic mass is 10.0. The number of piperidine rings is 1. The molecule has 1 aromatic heterocycles. The van der Waals surface area contributed by atoms with Crippen molar-refractivity contribution in [3.05, 3.63) is 17.0 Å². The van der Waals surface area contributed by atoms with Crippen molar-refractivity contribution in [2.75, 3.05) is 19.6 Å². The summed E-state index contributed by atoms with van der Waals surface area (Å²) >= 11 is 0. The molecule has 112 valence electrons.